The van der Waals surface area contributed by atoms with E-state index in [2.05, 4.69) is 132 Å². The second kappa shape index (κ2) is 10.6. The Morgan fingerprint density at radius 2 is 1.33 bits per heavy atom. The number of rotatable bonds is 5. The highest BCUT2D eigenvalue weighted by Gasteiger charge is 2.20. The van der Waals surface area contributed by atoms with Gasteiger partial charge < -0.3 is 13.7 Å². The van der Waals surface area contributed by atoms with Crippen LogP contribution in [0.15, 0.2) is 142 Å². The number of hydrogen-bond acceptors (Lipinski definition) is 3. The number of allylic oxidation sites excluding steroid dienone is 5. The zero-order chi connectivity index (χ0) is 29.7. The number of furan rings is 2. The summed E-state index contributed by atoms with van der Waals surface area (Å²) in [5, 5.41) is 3.40. The second-order valence-electron chi connectivity index (χ2n) is 11.9. The van der Waals surface area contributed by atoms with Crippen molar-refractivity contribution in [3.8, 4) is 11.1 Å². The minimum absolute atomic E-state index is 0.882. The van der Waals surface area contributed by atoms with Crippen LogP contribution in [0.5, 0.6) is 0 Å². The van der Waals surface area contributed by atoms with Crippen LogP contribution in [0.25, 0.3) is 55.7 Å². The lowest BCUT2D eigenvalue weighted by Crippen LogP contribution is -2.10. The van der Waals surface area contributed by atoms with Gasteiger partial charge in [-0.25, -0.2) is 0 Å². The van der Waals surface area contributed by atoms with Crippen molar-refractivity contribution in [2.24, 2.45) is 0 Å². The van der Waals surface area contributed by atoms with Crippen LogP contribution in [-0.2, 0) is 6.42 Å². The fourth-order valence-electron chi connectivity index (χ4n) is 6.96. The number of fused-ring (bicyclic) bond motifs is 6. The summed E-state index contributed by atoms with van der Waals surface area (Å²) in [4.78, 5) is 2.36. The molecule has 0 fully saturated rings. The zero-order valence-corrected chi connectivity index (χ0v) is 24.9. The Morgan fingerprint density at radius 1 is 0.533 bits per heavy atom. The summed E-state index contributed by atoms with van der Waals surface area (Å²) in [7, 11) is 0. The Balaban J connectivity index is 1.21. The quantitative estimate of drug-likeness (QED) is 0.202. The van der Waals surface area contributed by atoms with E-state index in [0.717, 1.165) is 81.6 Å². The third kappa shape index (κ3) is 4.43. The molecule has 0 spiro atoms. The monoisotopic (exact) mass is 581 g/mol. The standard InChI is InChI=1S/C42H31NO2/c1-2-10-28(11-3-1)29-20-23-32(24-21-29)43(37-16-9-19-41-42(37)35-15-5-7-18-39(35)45-41)33-13-8-12-30(26-33)31-22-25-40-36(27-31)34-14-4-6-17-38(34)44-40/h2,4-5,7-16,18-27H,1,3,6,17H2. The Bertz CT molecular complexity index is 2330. The van der Waals surface area contributed by atoms with Crippen LogP contribution in [0.1, 0.15) is 36.1 Å². The summed E-state index contributed by atoms with van der Waals surface area (Å²) >= 11 is 0. The van der Waals surface area contributed by atoms with Crippen molar-refractivity contribution >= 4 is 61.6 Å². The minimum Gasteiger partial charge on any atom is -0.460 e. The van der Waals surface area contributed by atoms with Gasteiger partial charge in [0.2, 0.25) is 0 Å². The summed E-state index contributed by atoms with van der Waals surface area (Å²) in [6.45, 7) is 0. The largest absolute Gasteiger partial charge is 0.460 e. The summed E-state index contributed by atoms with van der Waals surface area (Å²) in [5.74, 6) is 1.09. The van der Waals surface area contributed by atoms with Crippen LogP contribution in [0.3, 0.4) is 0 Å². The molecule has 7 aromatic rings. The van der Waals surface area contributed by atoms with E-state index in [1.165, 1.54) is 27.6 Å². The first kappa shape index (κ1) is 25.9. The van der Waals surface area contributed by atoms with E-state index >= 15 is 0 Å². The maximum Gasteiger partial charge on any atom is 0.137 e. The van der Waals surface area contributed by atoms with Crippen molar-refractivity contribution in [1.82, 2.24) is 0 Å². The highest BCUT2D eigenvalue weighted by Crippen LogP contribution is 2.44. The minimum atomic E-state index is 0.882. The smallest absolute Gasteiger partial charge is 0.137 e. The van der Waals surface area contributed by atoms with Crippen LogP contribution in [0.2, 0.25) is 0 Å². The maximum absolute atomic E-state index is 6.33. The topological polar surface area (TPSA) is 29.5 Å². The molecule has 9 rings (SSSR count). The summed E-state index contributed by atoms with van der Waals surface area (Å²) in [6.07, 6.45) is 15.5. The van der Waals surface area contributed by atoms with E-state index in [0.29, 0.717) is 0 Å². The molecule has 2 aliphatic carbocycles. The Kier molecular flexibility index (Phi) is 6.09. The SMILES string of the molecule is C1=CC(c2ccc(N(c3cccc(-c4ccc5oc6c(c5c4)C=CCC6)c3)c3cccc4oc5ccccc5c34)cc2)=CCC1. The third-order valence-corrected chi connectivity index (χ3v) is 9.14. The lowest BCUT2D eigenvalue weighted by molar-refractivity contribution is 0.546. The molecule has 0 atom stereocenters. The molecule has 2 aliphatic rings. The van der Waals surface area contributed by atoms with Crippen molar-refractivity contribution < 1.29 is 8.83 Å². The molecule has 45 heavy (non-hydrogen) atoms. The van der Waals surface area contributed by atoms with E-state index in [1.54, 1.807) is 0 Å². The highest BCUT2D eigenvalue weighted by molar-refractivity contribution is 6.13. The predicted molar refractivity (Wildman–Crippen MR) is 187 cm³/mol. The van der Waals surface area contributed by atoms with Gasteiger partial charge in [-0.05, 0) is 96.1 Å². The van der Waals surface area contributed by atoms with Gasteiger partial charge in [0.1, 0.15) is 22.5 Å². The lowest BCUT2D eigenvalue weighted by atomic mass is 9.98. The fourth-order valence-corrected chi connectivity index (χ4v) is 6.96. The highest BCUT2D eigenvalue weighted by atomic mass is 16.3. The fraction of sp³-hybridized carbons (Fsp3) is 0.0952. The molecule has 0 saturated carbocycles. The van der Waals surface area contributed by atoms with Gasteiger partial charge in [-0.15, -0.1) is 0 Å². The van der Waals surface area contributed by atoms with Gasteiger partial charge in [0, 0.05) is 34.1 Å². The van der Waals surface area contributed by atoms with E-state index in [9.17, 15) is 0 Å². The number of aryl methyl sites for hydroxylation is 1. The molecule has 216 valence electrons. The molecular formula is C42H31NO2. The van der Waals surface area contributed by atoms with E-state index in [1.807, 2.05) is 12.1 Å². The molecule has 0 bridgehead atoms. The zero-order valence-electron chi connectivity index (χ0n) is 24.9. The van der Waals surface area contributed by atoms with Crippen molar-refractivity contribution in [3.05, 3.63) is 150 Å². The van der Waals surface area contributed by atoms with Gasteiger partial charge in [-0.2, -0.15) is 0 Å². The summed E-state index contributed by atoms with van der Waals surface area (Å²) in [6, 6.07) is 39.1. The van der Waals surface area contributed by atoms with Crippen molar-refractivity contribution in [2.75, 3.05) is 4.90 Å². The Hall–Kier alpha value is -5.54. The van der Waals surface area contributed by atoms with Crippen molar-refractivity contribution in [3.63, 3.8) is 0 Å². The van der Waals surface area contributed by atoms with Gasteiger partial charge >= 0.3 is 0 Å². The number of nitrogens with zero attached hydrogens (tertiary/aromatic N) is 1. The molecule has 0 unspecified atom stereocenters. The number of benzene rings is 5. The summed E-state index contributed by atoms with van der Waals surface area (Å²) < 4.78 is 12.5. The van der Waals surface area contributed by atoms with E-state index in [-0.39, 0.29) is 0 Å². The molecule has 0 aliphatic heterocycles. The normalized spacial score (nSPS) is 14.3. The van der Waals surface area contributed by atoms with E-state index in [4.69, 9.17) is 8.83 Å². The lowest BCUT2D eigenvalue weighted by Gasteiger charge is -2.27. The van der Waals surface area contributed by atoms with Crippen molar-refractivity contribution in [2.45, 2.75) is 25.7 Å². The maximum atomic E-state index is 6.33. The molecule has 3 heteroatoms. The van der Waals surface area contributed by atoms with Gasteiger partial charge in [-0.3, -0.25) is 0 Å². The molecule has 0 saturated heterocycles. The van der Waals surface area contributed by atoms with Crippen molar-refractivity contribution in [1.29, 1.82) is 0 Å². The molecule has 2 aromatic heterocycles. The van der Waals surface area contributed by atoms with E-state index < -0.39 is 0 Å². The first-order chi connectivity index (χ1) is 22.3. The third-order valence-electron chi connectivity index (χ3n) is 9.14. The number of para-hydroxylation sites is 1. The first-order valence-corrected chi connectivity index (χ1v) is 15.8. The van der Waals surface area contributed by atoms with Gasteiger partial charge in [0.05, 0.1) is 11.1 Å². The molecular weight excluding hydrogens is 550 g/mol. The molecule has 3 nitrogen and oxygen atoms in total. The number of anilines is 3. The number of hydrogen-bond donors (Lipinski definition) is 0. The Labute approximate surface area is 262 Å². The molecule has 0 amide bonds. The van der Waals surface area contributed by atoms with Crippen LogP contribution in [0, 0.1) is 0 Å². The van der Waals surface area contributed by atoms with Gasteiger partial charge in [0.25, 0.3) is 0 Å². The van der Waals surface area contributed by atoms with Crippen LogP contribution >= 0.6 is 0 Å². The predicted octanol–water partition coefficient (Wildman–Crippen LogP) is 12.2. The Morgan fingerprint density at radius 3 is 2.24 bits per heavy atom. The van der Waals surface area contributed by atoms with Crippen LogP contribution < -0.4 is 4.90 Å². The van der Waals surface area contributed by atoms with Crippen LogP contribution in [0.4, 0.5) is 17.1 Å². The van der Waals surface area contributed by atoms with Gasteiger partial charge in [-0.1, -0.05) is 85.0 Å². The summed E-state index contributed by atoms with van der Waals surface area (Å²) in [5.41, 5.74) is 12.1. The van der Waals surface area contributed by atoms with Gasteiger partial charge in [0.15, 0.2) is 0 Å². The second-order valence-corrected chi connectivity index (χ2v) is 11.9. The molecule has 2 heterocycles. The average molecular weight is 582 g/mol. The average Bonchev–Trinajstić information content (AvgIpc) is 3.68. The first-order valence-electron chi connectivity index (χ1n) is 15.8. The molecule has 5 aromatic carbocycles. The van der Waals surface area contributed by atoms with Crippen LogP contribution in [-0.4, -0.2) is 0 Å². The molecule has 0 N–H and O–H groups in total. The molecule has 0 radical (unpaired) electrons.